The van der Waals surface area contributed by atoms with Gasteiger partial charge < -0.3 is 15.4 Å². The Morgan fingerprint density at radius 3 is 2.88 bits per heavy atom. The largest absolute Gasteiger partial charge is 0.495 e. The molecule has 0 aliphatic heterocycles. The maximum atomic E-state index is 11.5. The number of halogens is 1. The van der Waals surface area contributed by atoms with E-state index in [-0.39, 0.29) is 6.03 Å². The van der Waals surface area contributed by atoms with Gasteiger partial charge >= 0.3 is 6.03 Å². The number of hydrogen-bond acceptors (Lipinski definition) is 2. The Morgan fingerprint density at radius 2 is 2.25 bits per heavy atom. The summed E-state index contributed by atoms with van der Waals surface area (Å²) < 4.78 is 5.16. The van der Waals surface area contributed by atoms with Crippen LogP contribution in [0.1, 0.15) is 5.56 Å². The minimum atomic E-state index is -0.284. The zero-order chi connectivity index (χ0) is 12.0. The number of methoxy groups -OCH3 is 1. The summed E-state index contributed by atoms with van der Waals surface area (Å²) in [6, 6.07) is 5.29. The summed E-state index contributed by atoms with van der Waals surface area (Å²) >= 11 is 5.47. The second-order valence-electron chi connectivity index (χ2n) is 3.22. The molecule has 1 rings (SSSR count). The van der Waals surface area contributed by atoms with E-state index in [0.717, 1.165) is 5.56 Å². The first kappa shape index (κ1) is 12.6. The highest BCUT2D eigenvalue weighted by atomic mass is 35.5. The van der Waals surface area contributed by atoms with Crippen molar-refractivity contribution in [2.75, 3.05) is 24.9 Å². The molecule has 0 radical (unpaired) electrons. The van der Waals surface area contributed by atoms with E-state index in [1.165, 1.54) is 0 Å². The van der Waals surface area contributed by atoms with Crippen molar-refractivity contribution in [3.05, 3.63) is 23.8 Å². The number of urea groups is 1. The molecule has 0 fully saturated rings. The van der Waals surface area contributed by atoms with E-state index in [9.17, 15) is 4.79 Å². The summed E-state index contributed by atoms with van der Waals surface area (Å²) in [5, 5.41) is 5.35. The average molecular weight is 243 g/mol. The standard InChI is InChI=1S/C11H15ClN2O2/c1-8-4-3-5-9(16-2)10(8)14-11(15)13-7-6-12/h3-5H,6-7H2,1-2H3,(H2,13,14,15). The van der Waals surface area contributed by atoms with Gasteiger partial charge in [0.2, 0.25) is 0 Å². The number of aryl methyl sites for hydroxylation is 1. The quantitative estimate of drug-likeness (QED) is 0.797. The number of alkyl halides is 1. The van der Waals surface area contributed by atoms with Crippen LogP contribution in [0.3, 0.4) is 0 Å². The molecule has 88 valence electrons. The van der Waals surface area contributed by atoms with Crippen molar-refractivity contribution in [2.24, 2.45) is 0 Å². The third-order valence-electron chi connectivity index (χ3n) is 2.07. The van der Waals surface area contributed by atoms with Crippen molar-refractivity contribution < 1.29 is 9.53 Å². The van der Waals surface area contributed by atoms with E-state index in [1.54, 1.807) is 13.2 Å². The van der Waals surface area contributed by atoms with Crippen LogP contribution in [0.15, 0.2) is 18.2 Å². The van der Waals surface area contributed by atoms with Gasteiger partial charge in [-0.05, 0) is 18.6 Å². The Balaban J connectivity index is 2.75. The molecule has 0 heterocycles. The highest BCUT2D eigenvalue weighted by molar-refractivity contribution is 6.18. The number of para-hydroxylation sites is 1. The molecule has 5 heteroatoms. The fourth-order valence-electron chi connectivity index (χ4n) is 1.29. The highest BCUT2D eigenvalue weighted by Crippen LogP contribution is 2.27. The van der Waals surface area contributed by atoms with Gasteiger partial charge in [0.1, 0.15) is 5.75 Å². The molecule has 0 atom stereocenters. The number of carbonyl (C=O) groups excluding carboxylic acids is 1. The van der Waals surface area contributed by atoms with Crippen molar-refractivity contribution >= 4 is 23.3 Å². The van der Waals surface area contributed by atoms with E-state index in [0.29, 0.717) is 23.9 Å². The second-order valence-corrected chi connectivity index (χ2v) is 3.60. The van der Waals surface area contributed by atoms with E-state index >= 15 is 0 Å². The molecule has 0 spiro atoms. The van der Waals surface area contributed by atoms with Gasteiger partial charge in [-0.15, -0.1) is 11.6 Å². The maximum absolute atomic E-state index is 11.5. The van der Waals surface area contributed by atoms with E-state index in [2.05, 4.69) is 10.6 Å². The van der Waals surface area contributed by atoms with Crippen LogP contribution in [-0.2, 0) is 0 Å². The number of hydrogen-bond donors (Lipinski definition) is 2. The highest BCUT2D eigenvalue weighted by Gasteiger charge is 2.08. The first-order valence-corrected chi connectivity index (χ1v) is 5.47. The van der Waals surface area contributed by atoms with Crippen LogP contribution in [0.4, 0.5) is 10.5 Å². The van der Waals surface area contributed by atoms with Crippen LogP contribution >= 0.6 is 11.6 Å². The van der Waals surface area contributed by atoms with Crippen LogP contribution in [0.2, 0.25) is 0 Å². The van der Waals surface area contributed by atoms with Crippen molar-refractivity contribution in [3.8, 4) is 5.75 Å². The first-order valence-electron chi connectivity index (χ1n) is 4.93. The van der Waals surface area contributed by atoms with Gasteiger partial charge in [-0.2, -0.15) is 0 Å². The van der Waals surface area contributed by atoms with Gasteiger partial charge in [-0.25, -0.2) is 4.79 Å². The molecule has 0 unspecified atom stereocenters. The molecule has 0 aliphatic rings. The van der Waals surface area contributed by atoms with Gasteiger partial charge in [0, 0.05) is 12.4 Å². The number of amides is 2. The van der Waals surface area contributed by atoms with Crippen molar-refractivity contribution in [1.29, 1.82) is 0 Å². The molecule has 0 saturated heterocycles. The van der Waals surface area contributed by atoms with Crippen LogP contribution in [0.25, 0.3) is 0 Å². The molecule has 16 heavy (non-hydrogen) atoms. The number of rotatable bonds is 4. The van der Waals surface area contributed by atoms with Gasteiger partial charge in [-0.3, -0.25) is 0 Å². The SMILES string of the molecule is COc1cccc(C)c1NC(=O)NCCCl. The number of nitrogens with one attached hydrogen (secondary N) is 2. The molecule has 1 aromatic rings. The predicted molar refractivity (Wildman–Crippen MR) is 65.5 cm³/mol. The van der Waals surface area contributed by atoms with E-state index < -0.39 is 0 Å². The van der Waals surface area contributed by atoms with Gasteiger partial charge in [0.05, 0.1) is 12.8 Å². The summed E-state index contributed by atoms with van der Waals surface area (Å²) in [5.41, 5.74) is 1.62. The molecule has 0 aromatic heterocycles. The third-order valence-corrected chi connectivity index (χ3v) is 2.26. The smallest absolute Gasteiger partial charge is 0.319 e. The zero-order valence-corrected chi connectivity index (χ0v) is 10.1. The Bertz CT molecular complexity index is 369. The summed E-state index contributed by atoms with van der Waals surface area (Å²) in [6.45, 7) is 2.33. The molecule has 0 saturated carbocycles. The number of anilines is 1. The van der Waals surface area contributed by atoms with Gasteiger partial charge in [-0.1, -0.05) is 12.1 Å². The lowest BCUT2D eigenvalue weighted by molar-refractivity contribution is 0.252. The van der Waals surface area contributed by atoms with Gasteiger partial charge in [0.25, 0.3) is 0 Å². The Morgan fingerprint density at radius 1 is 1.50 bits per heavy atom. The lowest BCUT2D eigenvalue weighted by Gasteiger charge is -2.12. The number of benzene rings is 1. The summed E-state index contributed by atoms with van der Waals surface area (Å²) in [4.78, 5) is 11.5. The predicted octanol–water partition coefficient (Wildman–Crippen LogP) is 2.36. The zero-order valence-electron chi connectivity index (χ0n) is 9.34. The second kappa shape index (κ2) is 6.23. The lowest BCUT2D eigenvalue weighted by Crippen LogP contribution is -2.30. The summed E-state index contributed by atoms with van der Waals surface area (Å²) in [6.07, 6.45) is 0. The van der Waals surface area contributed by atoms with Crippen LogP contribution in [-0.4, -0.2) is 25.6 Å². The van der Waals surface area contributed by atoms with E-state index in [1.807, 2.05) is 19.1 Å². The van der Waals surface area contributed by atoms with E-state index in [4.69, 9.17) is 16.3 Å². The Hall–Kier alpha value is -1.42. The number of ether oxygens (including phenoxy) is 1. The Kier molecular flexibility index (Phi) is 4.92. The van der Waals surface area contributed by atoms with Crippen molar-refractivity contribution in [2.45, 2.75) is 6.92 Å². The third kappa shape index (κ3) is 3.31. The Labute approximate surface area is 99.9 Å². The molecular formula is C11H15ClN2O2. The van der Waals surface area contributed by atoms with Crippen molar-refractivity contribution in [3.63, 3.8) is 0 Å². The monoisotopic (exact) mass is 242 g/mol. The molecule has 1 aromatic carbocycles. The molecule has 2 N–H and O–H groups in total. The normalized spacial score (nSPS) is 9.69. The fraction of sp³-hybridized carbons (Fsp3) is 0.364. The summed E-state index contributed by atoms with van der Waals surface area (Å²) in [7, 11) is 1.57. The van der Waals surface area contributed by atoms with Gasteiger partial charge in [0.15, 0.2) is 0 Å². The van der Waals surface area contributed by atoms with Crippen LogP contribution < -0.4 is 15.4 Å². The lowest BCUT2D eigenvalue weighted by atomic mass is 10.2. The first-order chi connectivity index (χ1) is 7.69. The summed E-state index contributed by atoms with van der Waals surface area (Å²) in [5.74, 6) is 1.03. The minimum Gasteiger partial charge on any atom is -0.495 e. The fourth-order valence-corrected chi connectivity index (χ4v) is 1.38. The molecule has 2 amide bonds. The van der Waals surface area contributed by atoms with Crippen molar-refractivity contribution in [1.82, 2.24) is 5.32 Å². The maximum Gasteiger partial charge on any atom is 0.319 e. The molecule has 4 nitrogen and oxygen atoms in total. The minimum absolute atomic E-state index is 0.284. The van der Waals surface area contributed by atoms with Crippen LogP contribution in [0.5, 0.6) is 5.75 Å². The topological polar surface area (TPSA) is 50.4 Å². The molecule has 0 aliphatic carbocycles. The average Bonchev–Trinajstić information content (AvgIpc) is 2.29. The van der Waals surface area contributed by atoms with Crippen LogP contribution in [0, 0.1) is 6.92 Å². The molecular weight excluding hydrogens is 228 g/mol. The number of carbonyl (C=O) groups is 1. The molecule has 0 bridgehead atoms.